The van der Waals surface area contributed by atoms with Gasteiger partial charge in [0.25, 0.3) is 5.91 Å². The SMILES string of the molecule is COc1ccc2c(O[C@@H]3C[C@H]4C(=O)C[C@]5(C(=O)NS(=O)(=O)C6(C)CC6)C[C@@H]5/C=C\CCCCC[C@H](NC(=O)c5ccn(C)n5)C(=O)N4C3)cc(OC3CC3)nc2c1C. The van der Waals surface area contributed by atoms with E-state index in [1.165, 1.54) is 9.58 Å². The lowest BCUT2D eigenvalue weighted by molar-refractivity contribution is -0.140. The van der Waals surface area contributed by atoms with Crippen molar-refractivity contribution in [3.05, 3.63) is 53.9 Å². The fraction of sp³-hybridized carbons (Fsp3) is 0.571. The van der Waals surface area contributed by atoms with E-state index in [4.69, 9.17) is 19.2 Å². The quantitative estimate of drug-likeness (QED) is 0.275. The minimum absolute atomic E-state index is 0.0260. The number of benzene rings is 1. The number of aryl methyl sites for hydroxylation is 2. The molecular formula is C42H52N6O9S. The van der Waals surface area contributed by atoms with Crippen LogP contribution in [0.3, 0.4) is 0 Å². The molecule has 5 atom stereocenters. The fourth-order valence-electron chi connectivity index (χ4n) is 8.33. The van der Waals surface area contributed by atoms with Crippen molar-refractivity contribution in [3.63, 3.8) is 0 Å². The number of carbonyl (C=O) groups excluding carboxylic acids is 4. The van der Waals surface area contributed by atoms with Crippen molar-refractivity contribution < 1.29 is 41.8 Å². The summed E-state index contributed by atoms with van der Waals surface area (Å²) in [7, 11) is -0.670. The summed E-state index contributed by atoms with van der Waals surface area (Å²) in [6.07, 6.45) is 11.2. The molecule has 0 unspecified atom stereocenters. The molecule has 3 aromatic rings. The Morgan fingerprint density at radius 1 is 1.00 bits per heavy atom. The Labute approximate surface area is 338 Å². The third kappa shape index (κ3) is 7.91. The zero-order valence-corrected chi connectivity index (χ0v) is 34.3. The second kappa shape index (κ2) is 15.3. The highest BCUT2D eigenvalue weighted by molar-refractivity contribution is 7.91. The summed E-state index contributed by atoms with van der Waals surface area (Å²) in [6, 6.07) is 5.03. The van der Waals surface area contributed by atoms with Gasteiger partial charge in [0.15, 0.2) is 5.78 Å². The molecule has 310 valence electrons. The van der Waals surface area contributed by atoms with Crippen LogP contribution in [0.5, 0.6) is 17.4 Å². The molecule has 5 aliphatic rings. The third-order valence-corrected chi connectivity index (χ3v) is 14.7. The number of sulfonamides is 1. The number of methoxy groups -OCH3 is 1. The maximum Gasteiger partial charge on any atom is 0.272 e. The van der Waals surface area contributed by atoms with Gasteiger partial charge in [-0.2, -0.15) is 5.10 Å². The maximum atomic E-state index is 14.8. The van der Waals surface area contributed by atoms with Crippen LogP contribution in [-0.4, -0.2) is 94.3 Å². The molecule has 16 heteroatoms. The van der Waals surface area contributed by atoms with Crippen LogP contribution in [0.1, 0.15) is 100 Å². The standard InChI is InChI=1S/C42H52N6O9S/c1-25-34(55-4)15-14-29-35(21-36(44-37(25)29)57-27-12-13-27)56-28-20-32-33(49)23-42(40(52)46-58(53,54)41(2)17-18-41)22-26(42)10-8-6-5-7-9-11-31(39(51)48(32)24-28)43-38(50)30-16-19-47(3)45-30/h8,10,14-16,19,21,26-28,31-32H,5-7,9,11-13,17-18,20,22-24H2,1-4H3,(H,43,50)(H,46,52)/b10-8-/t26-,28+,31-,32-,42+/m0/s1. The van der Waals surface area contributed by atoms with E-state index in [2.05, 4.69) is 15.1 Å². The number of ketones is 1. The minimum atomic E-state index is -3.96. The van der Waals surface area contributed by atoms with E-state index in [1.54, 1.807) is 39.4 Å². The second-order valence-electron chi connectivity index (χ2n) is 17.0. The number of fused-ring (bicyclic) bond motifs is 3. The Morgan fingerprint density at radius 3 is 2.50 bits per heavy atom. The van der Waals surface area contributed by atoms with Gasteiger partial charge in [-0.1, -0.05) is 25.0 Å². The molecular weight excluding hydrogens is 765 g/mol. The highest BCUT2D eigenvalue weighted by atomic mass is 32.2. The average molecular weight is 817 g/mol. The van der Waals surface area contributed by atoms with Gasteiger partial charge in [0.1, 0.15) is 35.4 Å². The number of Topliss-reactive ketones (excluding diaryl/α,β-unsaturated/α-hetero) is 1. The van der Waals surface area contributed by atoms with Crippen molar-refractivity contribution in [2.24, 2.45) is 18.4 Å². The molecule has 0 radical (unpaired) electrons. The fourth-order valence-corrected chi connectivity index (χ4v) is 9.66. The van der Waals surface area contributed by atoms with Crippen molar-refractivity contribution in [2.75, 3.05) is 13.7 Å². The Kier molecular flexibility index (Phi) is 10.5. The van der Waals surface area contributed by atoms with Gasteiger partial charge < -0.3 is 24.4 Å². The van der Waals surface area contributed by atoms with E-state index in [0.29, 0.717) is 66.8 Å². The van der Waals surface area contributed by atoms with Crippen molar-refractivity contribution in [1.29, 1.82) is 0 Å². The number of hydrogen-bond acceptors (Lipinski definition) is 11. The highest BCUT2D eigenvalue weighted by Crippen LogP contribution is 2.57. The normalized spacial score (nSPS) is 27.7. The number of aromatic nitrogens is 3. The van der Waals surface area contributed by atoms with Gasteiger partial charge in [-0.3, -0.25) is 28.6 Å². The highest BCUT2D eigenvalue weighted by Gasteiger charge is 2.62. The summed E-state index contributed by atoms with van der Waals surface area (Å²) in [5, 5.41) is 7.83. The number of ether oxygens (including phenoxy) is 3. The molecule has 4 heterocycles. The molecule has 1 aromatic carbocycles. The molecule has 0 spiro atoms. The first kappa shape index (κ1) is 39.8. The molecule has 15 nitrogen and oxygen atoms in total. The summed E-state index contributed by atoms with van der Waals surface area (Å²) in [6.45, 7) is 3.55. The number of nitrogens with zero attached hydrogens (tertiary/aromatic N) is 4. The summed E-state index contributed by atoms with van der Waals surface area (Å²) >= 11 is 0. The van der Waals surface area contributed by atoms with Crippen molar-refractivity contribution >= 4 is 44.4 Å². The molecule has 3 aliphatic carbocycles. The van der Waals surface area contributed by atoms with Gasteiger partial charge in [-0.05, 0) is 89.3 Å². The molecule has 58 heavy (non-hydrogen) atoms. The molecule has 1 saturated heterocycles. The van der Waals surface area contributed by atoms with Crippen LogP contribution in [-0.2, 0) is 31.5 Å². The summed E-state index contributed by atoms with van der Waals surface area (Å²) in [5.41, 5.74) is 0.325. The largest absolute Gasteiger partial charge is 0.496 e. The second-order valence-corrected chi connectivity index (χ2v) is 19.2. The zero-order chi connectivity index (χ0) is 41.0. The molecule has 2 N–H and O–H groups in total. The Hall–Kier alpha value is -4.99. The number of pyridine rings is 1. The molecule has 3 amide bonds. The van der Waals surface area contributed by atoms with Crippen LogP contribution in [0, 0.1) is 18.3 Å². The van der Waals surface area contributed by atoms with Gasteiger partial charge in [0.2, 0.25) is 27.7 Å². The summed E-state index contributed by atoms with van der Waals surface area (Å²) in [5.74, 6) is -0.807. The van der Waals surface area contributed by atoms with Crippen LogP contribution >= 0.6 is 0 Å². The topological polar surface area (TPSA) is 188 Å². The lowest BCUT2D eigenvalue weighted by Crippen LogP contribution is -2.52. The predicted octanol–water partition coefficient (Wildman–Crippen LogP) is 4.46. The number of rotatable bonds is 10. The van der Waals surface area contributed by atoms with Crippen molar-refractivity contribution in [2.45, 2.75) is 120 Å². The van der Waals surface area contributed by atoms with Gasteiger partial charge in [-0.25, -0.2) is 13.4 Å². The van der Waals surface area contributed by atoms with Crippen LogP contribution < -0.4 is 24.2 Å². The lowest BCUT2D eigenvalue weighted by Gasteiger charge is -2.29. The monoisotopic (exact) mass is 816 g/mol. The van der Waals surface area contributed by atoms with E-state index >= 15 is 0 Å². The Bertz CT molecular complexity index is 2280. The molecule has 0 bridgehead atoms. The Morgan fingerprint density at radius 2 is 1.79 bits per heavy atom. The van der Waals surface area contributed by atoms with Gasteiger partial charge in [-0.15, -0.1) is 0 Å². The first-order valence-corrected chi connectivity index (χ1v) is 21.9. The van der Waals surface area contributed by atoms with Crippen molar-refractivity contribution in [3.8, 4) is 17.4 Å². The van der Waals surface area contributed by atoms with Crippen LogP contribution in [0.4, 0.5) is 0 Å². The van der Waals surface area contributed by atoms with Crippen LogP contribution in [0.25, 0.3) is 10.9 Å². The number of hydrogen-bond donors (Lipinski definition) is 2. The molecule has 8 rings (SSSR count). The third-order valence-electron chi connectivity index (χ3n) is 12.6. The van der Waals surface area contributed by atoms with Crippen LogP contribution in [0.2, 0.25) is 0 Å². The average Bonchev–Trinajstić information content (AvgIpc) is 4.15. The number of amides is 3. The van der Waals surface area contributed by atoms with E-state index < -0.39 is 56.1 Å². The molecule has 2 aliphatic heterocycles. The van der Waals surface area contributed by atoms with E-state index in [0.717, 1.165) is 31.2 Å². The van der Waals surface area contributed by atoms with Crippen molar-refractivity contribution in [1.82, 2.24) is 29.7 Å². The van der Waals surface area contributed by atoms with Crippen LogP contribution in [0.15, 0.2) is 42.6 Å². The summed E-state index contributed by atoms with van der Waals surface area (Å²) in [4.78, 5) is 63.2. The van der Waals surface area contributed by atoms with Gasteiger partial charge >= 0.3 is 0 Å². The van der Waals surface area contributed by atoms with E-state index in [1.807, 2.05) is 31.2 Å². The predicted molar refractivity (Wildman–Crippen MR) is 213 cm³/mol. The van der Waals surface area contributed by atoms with E-state index in [9.17, 15) is 27.6 Å². The summed E-state index contributed by atoms with van der Waals surface area (Å²) < 4.78 is 47.8. The molecule has 3 saturated carbocycles. The first-order chi connectivity index (χ1) is 27.7. The minimum Gasteiger partial charge on any atom is -0.496 e. The first-order valence-electron chi connectivity index (χ1n) is 20.4. The lowest BCUT2D eigenvalue weighted by atomic mass is 9.91. The molecule has 2 aromatic heterocycles. The smallest absolute Gasteiger partial charge is 0.272 e. The van der Waals surface area contributed by atoms with E-state index in [-0.39, 0.29) is 42.9 Å². The molecule has 4 fully saturated rings. The zero-order valence-electron chi connectivity index (χ0n) is 33.5. The Balaban J connectivity index is 1.13. The van der Waals surface area contributed by atoms with Gasteiger partial charge in [0.05, 0.1) is 35.4 Å². The van der Waals surface area contributed by atoms with Gasteiger partial charge in [0, 0.05) is 43.1 Å². The maximum absolute atomic E-state index is 14.8. The number of allylic oxidation sites excluding steroid dienone is 2. The number of nitrogens with one attached hydrogen (secondary N) is 2. The number of carbonyl (C=O) groups is 4.